The Labute approximate surface area is 106 Å². The van der Waals surface area contributed by atoms with Crippen molar-refractivity contribution in [3.05, 3.63) is 0 Å². The highest BCUT2D eigenvalue weighted by Gasteiger charge is 2.49. The predicted octanol–water partition coefficient (Wildman–Crippen LogP) is -0.461. The molecule has 0 aromatic heterocycles. The van der Waals surface area contributed by atoms with E-state index in [1.165, 1.54) is 0 Å². The van der Waals surface area contributed by atoms with E-state index in [1.54, 1.807) is 4.90 Å². The molecule has 2 heterocycles. The standard InChI is InChI=1S/C12H20N4O2/c13-7-1-3-8(4-2-7)14-12(18)16-6-5-9-10(16)11(17)15-9/h7-10H,1-6,13H2,(H,14,18)(H,15,17)/t7?,8?,9-,10+/m1/s1. The molecule has 3 aliphatic rings. The van der Waals surface area contributed by atoms with Crippen LogP contribution in [0.3, 0.4) is 0 Å². The Kier molecular flexibility index (Phi) is 2.89. The summed E-state index contributed by atoms with van der Waals surface area (Å²) in [5.74, 6) is -0.0154. The Hall–Kier alpha value is -1.30. The van der Waals surface area contributed by atoms with Crippen molar-refractivity contribution in [3.8, 4) is 0 Å². The summed E-state index contributed by atoms with van der Waals surface area (Å²) in [6.45, 7) is 0.673. The van der Waals surface area contributed by atoms with Crippen molar-refractivity contribution in [1.29, 1.82) is 0 Å². The number of carbonyl (C=O) groups excluding carboxylic acids is 2. The SMILES string of the molecule is NC1CCC(NC(=O)N2CC[C@H]3NC(=O)[C@H]32)CC1. The first kappa shape index (κ1) is 11.8. The van der Waals surface area contributed by atoms with Crippen LogP contribution >= 0.6 is 0 Å². The third-order valence-corrected chi connectivity index (χ3v) is 4.35. The van der Waals surface area contributed by atoms with Gasteiger partial charge < -0.3 is 21.3 Å². The molecule has 1 saturated carbocycles. The highest BCUT2D eigenvalue weighted by molar-refractivity contribution is 5.94. The molecular weight excluding hydrogens is 232 g/mol. The van der Waals surface area contributed by atoms with Crippen molar-refractivity contribution in [2.45, 2.75) is 56.3 Å². The van der Waals surface area contributed by atoms with Crippen molar-refractivity contribution in [1.82, 2.24) is 15.5 Å². The van der Waals surface area contributed by atoms with Crippen molar-refractivity contribution < 1.29 is 9.59 Å². The smallest absolute Gasteiger partial charge is 0.318 e. The second-order valence-corrected chi connectivity index (χ2v) is 5.60. The summed E-state index contributed by atoms with van der Waals surface area (Å²) in [5.41, 5.74) is 5.84. The second kappa shape index (κ2) is 4.42. The number of hydrogen-bond donors (Lipinski definition) is 3. The van der Waals surface area contributed by atoms with Gasteiger partial charge in [0.15, 0.2) is 0 Å². The Morgan fingerprint density at radius 1 is 1.28 bits per heavy atom. The van der Waals surface area contributed by atoms with Gasteiger partial charge in [-0.05, 0) is 32.1 Å². The maximum absolute atomic E-state index is 12.1. The van der Waals surface area contributed by atoms with E-state index >= 15 is 0 Å². The number of nitrogens with two attached hydrogens (primary N) is 1. The first-order valence-electron chi connectivity index (χ1n) is 6.78. The average Bonchev–Trinajstić information content (AvgIpc) is 2.69. The van der Waals surface area contributed by atoms with E-state index in [0.29, 0.717) is 6.54 Å². The molecule has 0 aromatic rings. The lowest BCUT2D eigenvalue weighted by molar-refractivity contribution is -0.132. The molecule has 6 nitrogen and oxygen atoms in total. The molecule has 1 aliphatic carbocycles. The molecule has 3 rings (SSSR count). The van der Waals surface area contributed by atoms with E-state index in [1.807, 2.05) is 0 Å². The number of amides is 3. The van der Waals surface area contributed by atoms with Crippen LogP contribution in [-0.2, 0) is 4.79 Å². The molecule has 2 saturated heterocycles. The number of urea groups is 1. The largest absolute Gasteiger partial charge is 0.349 e. The molecule has 0 radical (unpaired) electrons. The zero-order valence-electron chi connectivity index (χ0n) is 10.4. The van der Waals surface area contributed by atoms with Crippen molar-refractivity contribution in [2.24, 2.45) is 5.73 Å². The maximum Gasteiger partial charge on any atom is 0.318 e. The normalized spacial score (nSPS) is 38.7. The Morgan fingerprint density at radius 2 is 2.00 bits per heavy atom. The lowest BCUT2D eigenvalue weighted by Gasteiger charge is -2.36. The van der Waals surface area contributed by atoms with Gasteiger partial charge in [0, 0.05) is 18.6 Å². The van der Waals surface area contributed by atoms with Gasteiger partial charge in [-0.1, -0.05) is 0 Å². The molecule has 4 N–H and O–H groups in total. The van der Waals surface area contributed by atoms with Crippen LogP contribution in [0.4, 0.5) is 4.79 Å². The van der Waals surface area contributed by atoms with Gasteiger partial charge in [-0.25, -0.2) is 4.79 Å². The Bertz CT molecular complexity index is 365. The van der Waals surface area contributed by atoms with Crippen LogP contribution in [0.2, 0.25) is 0 Å². The lowest BCUT2D eigenvalue weighted by atomic mass is 9.92. The number of β-lactam (4-membered cyclic amide) rings is 1. The van der Waals surface area contributed by atoms with Crippen LogP contribution < -0.4 is 16.4 Å². The van der Waals surface area contributed by atoms with Crippen LogP contribution in [-0.4, -0.2) is 47.6 Å². The van der Waals surface area contributed by atoms with Gasteiger partial charge in [0.1, 0.15) is 6.04 Å². The first-order valence-corrected chi connectivity index (χ1v) is 6.78. The summed E-state index contributed by atoms with van der Waals surface area (Å²) in [6, 6.07) is 0.378. The molecule has 0 spiro atoms. The van der Waals surface area contributed by atoms with Gasteiger partial charge in [0.05, 0.1) is 6.04 Å². The fraction of sp³-hybridized carbons (Fsp3) is 0.833. The average molecular weight is 252 g/mol. The van der Waals surface area contributed by atoms with Crippen molar-refractivity contribution in [3.63, 3.8) is 0 Å². The fourth-order valence-electron chi connectivity index (χ4n) is 3.19. The quantitative estimate of drug-likeness (QED) is 0.552. The van der Waals surface area contributed by atoms with Crippen molar-refractivity contribution in [2.75, 3.05) is 6.54 Å². The fourth-order valence-corrected chi connectivity index (χ4v) is 3.19. The number of likely N-dealkylation sites (tertiary alicyclic amines) is 1. The second-order valence-electron chi connectivity index (χ2n) is 5.60. The summed E-state index contributed by atoms with van der Waals surface area (Å²) in [5, 5.41) is 5.86. The van der Waals surface area contributed by atoms with E-state index in [2.05, 4.69) is 10.6 Å². The summed E-state index contributed by atoms with van der Waals surface area (Å²) in [4.78, 5) is 25.2. The molecule has 6 heteroatoms. The number of carbonyl (C=O) groups is 2. The molecule has 18 heavy (non-hydrogen) atoms. The minimum atomic E-state index is -0.226. The van der Waals surface area contributed by atoms with Gasteiger partial charge in [-0.2, -0.15) is 0 Å². The van der Waals surface area contributed by atoms with Crippen LogP contribution in [0.1, 0.15) is 32.1 Å². The van der Waals surface area contributed by atoms with E-state index in [9.17, 15) is 9.59 Å². The molecule has 2 aliphatic heterocycles. The van der Waals surface area contributed by atoms with Crippen LogP contribution in [0, 0.1) is 0 Å². The zero-order valence-corrected chi connectivity index (χ0v) is 10.4. The minimum Gasteiger partial charge on any atom is -0.349 e. The first-order chi connectivity index (χ1) is 8.65. The van der Waals surface area contributed by atoms with E-state index in [-0.39, 0.29) is 36.1 Å². The maximum atomic E-state index is 12.1. The summed E-state index contributed by atoms with van der Waals surface area (Å²) in [6.07, 6.45) is 4.70. The summed E-state index contributed by atoms with van der Waals surface area (Å²) in [7, 11) is 0. The summed E-state index contributed by atoms with van der Waals surface area (Å²) >= 11 is 0. The molecular formula is C12H20N4O2. The van der Waals surface area contributed by atoms with Crippen LogP contribution in [0.15, 0.2) is 0 Å². The molecule has 0 bridgehead atoms. The van der Waals surface area contributed by atoms with E-state index in [0.717, 1.165) is 32.1 Å². The van der Waals surface area contributed by atoms with Gasteiger partial charge in [0.25, 0.3) is 0 Å². The van der Waals surface area contributed by atoms with Gasteiger partial charge >= 0.3 is 6.03 Å². The number of fused-ring (bicyclic) bond motifs is 1. The minimum absolute atomic E-state index is 0.0154. The van der Waals surface area contributed by atoms with Gasteiger partial charge in [0.2, 0.25) is 5.91 Å². The molecule has 3 amide bonds. The van der Waals surface area contributed by atoms with Gasteiger partial charge in [-0.15, -0.1) is 0 Å². The number of rotatable bonds is 1. The molecule has 2 atom stereocenters. The van der Waals surface area contributed by atoms with Crippen molar-refractivity contribution >= 4 is 11.9 Å². The third-order valence-electron chi connectivity index (χ3n) is 4.35. The van der Waals surface area contributed by atoms with E-state index in [4.69, 9.17) is 5.73 Å². The molecule has 3 fully saturated rings. The third kappa shape index (κ3) is 1.94. The Morgan fingerprint density at radius 3 is 2.67 bits per heavy atom. The van der Waals surface area contributed by atoms with Gasteiger partial charge in [-0.3, -0.25) is 4.79 Å². The molecule has 0 aromatic carbocycles. The highest BCUT2D eigenvalue weighted by atomic mass is 16.2. The van der Waals surface area contributed by atoms with Crippen LogP contribution in [0.25, 0.3) is 0 Å². The topological polar surface area (TPSA) is 87.5 Å². The highest BCUT2D eigenvalue weighted by Crippen LogP contribution is 2.25. The lowest BCUT2D eigenvalue weighted by Crippen LogP contribution is -2.66. The molecule has 100 valence electrons. The number of hydrogen-bond acceptors (Lipinski definition) is 3. The number of nitrogens with one attached hydrogen (secondary N) is 2. The monoisotopic (exact) mass is 252 g/mol. The van der Waals surface area contributed by atoms with Crippen LogP contribution in [0.5, 0.6) is 0 Å². The number of nitrogens with zero attached hydrogens (tertiary/aromatic N) is 1. The molecule has 0 unspecified atom stereocenters. The zero-order chi connectivity index (χ0) is 12.7. The van der Waals surface area contributed by atoms with E-state index < -0.39 is 0 Å². The summed E-state index contributed by atoms with van der Waals surface area (Å²) < 4.78 is 0. The predicted molar refractivity (Wildman–Crippen MR) is 65.8 cm³/mol. The Balaban J connectivity index is 1.54.